The first-order valence-electron chi connectivity index (χ1n) is 5.78. The maximum Gasteiger partial charge on any atom is 0.214 e. The molecule has 0 atom stereocenters. The van der Waals surface area contributed by atoms with Crippen LogP contribution in [0.15, 0.2) is 28.9 Å². The van der Waals surface area contributed by atoms with Crippen molar-refractivity contribution in [2.75, 3.05) is 12.8 Å². The summed E-state index contributed by atoms with van der Waals surface area (Å²) in [5.74, 6) is 0.330. The Morgan fingerprint density at radius 2 is 2.26 bits per heavy atom. The lowest BCUT2D eigenvalue weighted by Crippen LogP contribution is -2.12. The number of aryl methyl sites for hydroxylation is 1. The van der Waals surface area contributed by atoms with E-state index in [0.717, 1.165) is 0 Å². The van der Waals surface area contributed by atoms with Crippen LogP contribution >= 0.6 is 15.9 Å². The van der Waals surface area contributed by atoms with Crippen LogP contribution in [0.4, 0.5) is 5.69 Å². The van der Waals surface area contributed by atoms with Gasteiger partial charge in [0, 0.05) is 22.3 Å². The molecule has 100 valence electrons. The molecule has 2 N–H and O–H groups in total. The van der Waals surface area contributed by atoms with Crippen LogP contribution in [0.25, 0.3) is 0 Å². The Balaban J connectivity index is 2.49. The highest BCUT2D eigenvalue weighted by Gasteiger charge is 2.20. The Kier molecular flexibility index (Phi) is 3.90. The minimum atomic E-state index is -0.142. The third-order valence-corrected chi connectivity index (χ3v) is 3.49. The molecule has 0 aliphatic rings. The number of methoxy groups -OCH3 is 1. The maximum atomic E-state index is 12.5. The molecule has 2 rings (SSSR count). The molecule has 0 aliphatic heterocycles. The van der Waals surface area contributed by atoms with Crippen molar-refractivity contribution in [3.8, 4) is 5.75 Å². The van der Waals surface area contributed by atoms with Gasteiger partial charge in [-0.2, -0.15) is 5.10 Å². The third kappa shape index (κ3) is 2.49. The number of ether oxygens (including phenoxy) is 1. The molecule has 0 bridgehead atoms. The lowest BCUT2D eigenvalue weighted by atomic mass is 10.1. The van der Waals surface area contributed by atoms with Crippen molar-refractivity contribution in [3.63, 3.8) is 0 Å². The number of carbonyl (C=O) groups excluding carboxylic acids is 1. The fourth-order valence-electron chi connectivity index (χ4n) is 1.79. The fraction of sp³-hybridized carbons (Fsp3) is 0.231. The van der Waals surface area contributed by atoms with E-state index >= 15 is 0 Å². The second kappa shape index (κ2) is 5.44. The number of benzene rings is 1. The maximum absolute atomic E-state index is 12.5. The van der Waals surface area contributed by atoms with Gasteiger partial charge >= 0.3 is 0 Å². The van der Waals surface area contributed by atoms with E-state index in [4.69, 9.17) is 10.5 Å². The average molecular weight is 324 g/mol. The van der Waals surface area contributed by atoms with Crippen LogP contribution in [0.1, 0.15) is 23.0 Å². The SMILES string of the molecule is CCn1ncc(OC)c1C(=O)c1ccc(N)c(Br)c1. The predicted octanol–water partition coefficient (Wildman–Crippen LogP) is 2.49. The molecule has 2 aromatic rings. The molecular weight excluding hydrogens is 310 g/mol. The third-order valence-electron chi connectivity index (χ3n) is 2.80. The normalized spacial score (nSPS) is 10.5. The number of nitrogens with zero attached hydrogens (tertiary/aromatic N) is 2. The van der Waals surface area contributed by atoms with Gasteiger partial charge in [-0.25, -0.2) is 0 Å². The highest BCUT2D eigenvalue weighted by Crippen LogP contribution is 2.25. The number of anilines is 1. The van der Waals surface area contributed by atoms with Gasteiger partial charge in [-0.05, 0) is 41.1 Å². The van der Waals surface area contributed by atoms with Crippen molar-refractivity contribution in [1.29, 1.82) is 0 Å². The van der Waals surface area contributed by atoms with Crippen LogP contribution in [0, 0.1) is 0 Å². The highest BCUT2D eigenvalue weighted by molar-refractivity contribution is 9.10. The van der Waals surface area contributed by atoms with E-state index in [0.29, 0.717) is 33.7 Å². The summed E-state index contributed by atoms with van der Waals surface area (Å²) in [5, 5.41) is 4.13. The van der Waals surface area contributed by atoms with Gasteiger partial charge in [-0.3, -0.25) is 9.48 Å². The molecule has 19 heavy (non-hydrogen) atoms. The summed E-state index contributed by atoms with van der Waals surface area (Å²) in [6.07, 6.45) is 1.54. The predicted molar refractivity (Wildman–Crippen MR) is 76.4 cm³/mol. The molecule has 5 nitrogen and oxygen atoms in total. The molecule has 0 radical (unpaired) electrons. The molecule has 0 saturated carbocycles. The largest absolute Gasteiger partial charge is 0.493 e. The van der Waals surface area contributed by atoms with Crippen molar-refractivity contribution in [2.24, 2.45) is 0 Å². The van der Waals surface area contributed by atoms with Gasteiger partial charge in [0.05, 0.1) is 13.3 Å². The minimum Gasteiger partial charge on any atom is -0.493 e. The standard InChI is InChI=1S/C13H14BrN3O2/c1-3-17-12(11(19-2)7-16-17)13(18)8-4-5-10(15)9(14)6-8/h4-7H,3,15H2,1-2H3. The Morgan fingerprint density at radius 1 is 1.53 bits per heavy atom. The zero-order valence-electron chi connectivity index (χ0n) is 10.7. The quantitative estimate of drug-likeness (QED) is 0.693. The summed E-state index contributed by atoms with van der Waals surface area (Å²) in [5.41, 5.74) is 7.29. The second-order valence-electron chi connectivity index (χ2n) is 3.94. The van der Waals surface area contributed by atoms with E-state index in [1.807, 2.05) is 6.92 Å². The van der Waals surface area contributed by atoms with Gasteiger partial charge in [0.25, 0.3) is 0 Å². The number of carbonyl (C=O) groups is 1. The van der Waals surface area contributed by atoms with Crippen molar-refractivity contribution in [2.45, 2.75) is 13.5 Å². The summed E-state index contributed by atoms with van der Waals surface area (Å²) in [6, 6.07) is 5.08. The van der Waals surface area contributed by atoms with Crippen LogP contribution < -0.4 is 10.5 Å². The molecule has 0 saturated heterocycles. The second-order valence-corrected chi connectivity index (χ2v) is 4.80. The van der Waals surface area contributed by atoms with Crippen molar-refractivity contribution >= 4 is 27.4 Å². The monoisotopic (exact) mass is 323 g/mol. The Bertz CT molecular complexity index is 601. The number of hydrogen-bond donors (Lipinski definition) is 1. The van der Waals surface area contributed by atoms with Crippen LogP contribution in [-0.4, -0.2) is 22.7 Å². The Labute approximate surface area is 119 Å². The van der Waals surface area contributed by atoms with Crippen molar-refractivity contribution < 1.29 is 9.53 Å². The molecule has 1 heterocycles. The molecule has 6 heteroatoms. The minimum absolute atomic E-state index is 0.142. The number of nitrogen functional groups attached to an aromatic ring is 1. The number of hydrogen-bond acceptors (Lipinski definition) is 4. The van der Waals surface area contributed by atoms with E-state index in [1.165, 1.54) is 7.11 Å². The lowest BCUT2D eigenvalue weighted by molar-refractivity contribution is 0.102. The number of ketones is 1. The first-order chi connectivity index (χ1) is 9.08. The van der Waals surface area contributed by atoms with Gasteiger partial charge < -0.3 is 10.5 Å². The first kappa shape index (κ1) is 13.6. The van der Waals surface area contributed by atoms with Crippen LogP contribution in [-0.2, 0) is 6.54 Å². The Hall–Kier alpha value is -1.82. The fourth-order valence-corrected chi connectivity index (χ4v) is 2.17. The molecule has 1 aromatic carbocycles. The first-order valence-corrected chi connectivity index (χ1v) is 6.57. The smallest absolute Gasteiger partial charge is 0.214 e. The molecule has 1 aromatic heterocycles. The number of aromatic nitrogens is 2. The topological polar surface area (TPSA) is 70.1 Å². The number of nitrogens with two attached hydrogens (primary N) is 1. The molecule has 0 fully saturated rings. The molecular formula is C13H14BrN3O2. The van der Waals surface area contributed by atoms with E-state index in [9.17, 15) is 4.79 Å². The Morgan fingerprint density at radius 3 is 2.84 bits per heavy atom. The van der Waals surface area contributed by atoms with Gasteiger partial charge in [0.2, 0.25) is 5.78 Å². The summed E-state index contributed by atoms with van der Waals surface area (Å²) < 4.78 is 7.49. The zero-order chi connectivity index (χ0) is 14.0. The molecule has 0 unspecified atom stereocenters. The van der Waals surface area contributed by atoms with Crippen LogP contribution in [0.3, 0.4) is 0 Å². The molecule has 0 aliphatic carbocycles. The highest BCUT2D eigenvalue weighted by atomic mass is 79.9. The number of rotatable bonds is 4. The average Bonchev–Trinajstić information content (AvgIpc) is 2.83. The van der Waals surface area contributed by atoms with Gasteiger partial charge in [-0.1, -0.05) is 0 Å². The van der Waals surface area contributed by atoms with E-state index in [1.54, 1.807) is 29.1 Å². The van der Waals surface area contributed by atoms with Crippen LogP contribution in [0.5, 0.6) is 5.75 Å². The number of halogens is 1. The summed E-state index contributed by atoms with van der Waals surface area (Å²) in [6.45, 7) is 2.52. The summed E-state index contributed by atoms with van der Waals surface area (Å²) >= 11 is 3.32. The molecule has 0 spiro atoms. The summed E-state index contributed by atoms with van der Waals surface area (Å²) in [4.78, 5) is 12.5. The van der Waals surface area contributed by atoms with Crippen LogP contribution in [0.2, 0.25) is 0 Å². The zero-order valence-corrected chi connectivity index (χ0v) is 12.3. The van der Waals surface area contributed by atoms with Crippen molar-refractivity contribution in [1.82, 2.24) is 9.78 Å². The van der Waals surface area contributed by atoms with E-state index < -0.39 is 0 Å². The van der Waals surface area contributed by atoms with Gasteiger partial charge in [0.1, 0.15) is 0 Å². The van der Waals surface area contributed by atoms with E-state index in [-0.39, 0.29) is 5.78 Å². The van der Waals surface area contributed by atoms with E-state index in [2.05, 4.69) is 21.0 Å². The van der Waals surface area contributed by atoms with Crippen molar-refractivity contribution in [3.05, 3.63) is 40.1 Å². The molecule has 0 amide bonds. The lowest BCUT2D eigenvalue weighted by Gasteiger charge is -2.07. The summed E-state index contributed by atoms with van der Waals surface area (Å²) in [7, 11) is 1.52. The van der Waals surface area contributed by atoms with Gasteiger partial charge in [-0.15, -0.1) is 0 Å². The van der Waals surface area contributed by atoms with Gasteiger partial charge in [0.15, 0.2) is 11.4 Å².